The molecule has 0 bridgehead atoms. The van der Waals surface area contributed by atoms with E-state index in [4.69, 9.17) is 10.1 Å². The van der Waals surface area contributed by atoms with Crippen molar-refractivity contribution in [2.24, 2.45) is 0 Å². The zero-order valence-corrected chi connectivity index (χ0v) is 19.0. The molecule has 1 amide bonds. The first-order valence-electron chi connectivity index (χ1n) is 11.1. The average molecular weight is 444 g/mol. The van der Waals surface area contributed by atoms with Gasteiger partial charge in [-0.1, -0.05) is 35.9 Å². The summed E-state index contributed by atoms with van der Waals surface area (Å²) in [5.41, 5.74) is 5.06. The summed E-state index contributed by atoms with van der Waals surface area (Å²) in [7, 11) is 0. The summed E-state index contributed by atoms with van der Waals surface area (Å²) in [6, 6.07) is 13.2. The van der Waals surface area contributed by atoms with Gasteiger partial charge in [0, 0.05) is 47.2 Å². The minimum Gasteiger partial charge on any atom is -0.507 e. The molecule has 2 aromatic rings. The molecule has 0 radical (unpaired) electrons. The van der Waals surface area contributed by atoms with Crippen molar-refractivity contribution in [2.45, 2.75) is 19.8 Å². The van der Waals surface area contributed by atoms with Gasteiger partial charge in [0.1, 0.15) is 5.75 Å². The van der Waals surface area contributed by atoms with E-state index in [1.807, 2.05) is 55.5 Å². The highest BCUT2D eigenvalue weighted by Gasteiger charge is 2.17. The number of amides is 1. The summed E-state index contributed by atoms with van der Waals surface area (Å²) in [4.78, 5) is 15.4. The predicted molar refractivity (Wildman–Crippen MR) is 132 cm³/mol. The number of carbonyl (C=O) groups excluding carboxylic acids is 1. The predicted octanol–water partition coefficient (Wildman–Crippen LogP) is 4.78. The molecule has 170 valence electrons. The Morgan fingerprint density at radius 1 is 1.12 bits per heavy atom. The largest absolute Gasteiger partial charge is 0.507 e. The highest BCUT2D eigenvalue weighted by atomic mass is 16.5. The second kappa shape index (κ2) is 9.88. The molecule has 0 spiro atoms. The van der Waals surface area contributed by atoms with Crippen molar-refractivity contribution < 1.29 is 14.6 Å². The van der Waals surface area contributed by atoms with Gasteiger partial charge in [-0.3, -0.25) is 4.79 Å². The molecule has 1 aliphatic carbocycles. The van der Waals surface area contributed by atoms with Gasteiger partial charge < -0.3 is 25.5 Å². The highest BCUT2D eigenvalue weighted by molar-refractivity contribution is 6.06. The van der Waals surface area contributed by atoms with E-state index in [-0.39, 0.29) is 17.6 Å². The fraction of sp³-hybridized carbons (Fsp3) is 0.259. The third-order valence-corrected chi connectivity index (χ3v) is 5.88. The van der Waals surface area contributed by atoms with Gasteiger partial charge in [-0.15, -0.1) is 0 Å². The van der Waals surface area contributed by atoms with Crippen molar-refractivity contribution in [3.63, 3.8) is 0 Å². The number of aromatic hydroxyl groups is 1. The van der Waals surface area contributed by atoms with Crippen molar-refractivity contribution in [2.75, 3.05) is 36.5 Å². The summed E-state index contributed by atoms with van der Waals surface area (Å²) < 4.78 is 5.43. The molecule has 33 heavy (non-hydrogen) atoms. The Bertz CT molecular complexity index is 1160. The zero-order chi connectivity index (χ0) is 23.4. The lowest BCUT2D eigenvalue weighted by atomic mass is 9.93. The first kappa shape index (κ1) is 22.6. The van der Waals surface area contributed by atoms with Crippen LogP contribution in [0.1, 0.15) is 30.9 Å². The number of benzene rings is 2. The third-order valence-electron chi connectivity index (χ3n) is 5.88. The van der Waals surface area contributed by atoms with Crippen LogP contribution in [0.15, 0.2) is 77.9 Å². The molecule has 2 aromatic carbocycles. The number of anilines is 2. The molecule has 2 aliphatic rings. The maximum Gasteiger partial charge on any atom is 0.255 e. The molecule has 4 rings (SSSR count). The van der Waals surface area contributed by atoms with Gasteiger partial charge in [-0.25, -0.2) is 0 Å². The van der Waals surface area contributed by atoms with Gasteiger partial charge in [0.15, 0.2) is 0 Å². The molecule has 1 aliphatic heterocycles. The normalized spacial score (nSPS) is 18.2. The Hall–Kier alpha value is -3.64. The number of phenols is 1. The monoisotopic (exact) mass is 443 g/mol. The van der Waals surface area contributed by atoms with E-state index < -0.39 is 0 Å². The van der Waals surface area contributed by atoms with E-state index in [9.17, 15) is 9.90 Å². The molecule has 1 fully saturated rings. The summed E-state index contributed by atoms with van der Waals surface area (Å²) in [6.45, 7) is 6.71. The molecular weight excluding hydrogens is 414 g/mol. The Labute approximate surface area is 194 Å². The van der Waals surface area contributed by atoms with Crippen molar-refractivity contribution in [3.05, 3.63) is 89.0 Å². The van der Waals surface area contributed by atoms with Gasteiger partial charge in [0.25, 0.3) is 5.91 Å². The van der Waals surface area contributed by atoms with Crippen molar-refractivity contribution in [3.8, 4) is 5.75 Å². The summed E-state index contributed by atoms with van der Waals surface area (Å²) >= 11 is 0. The molecular formula is C27H29N3O3. The number of hydrogen-bond donors (Lipinski definition) is 3. The van der Waals surface area contributed by atoms with E-state index in [0.717, 1.165) is 35.6 Å². The second-order valence-electron chi connectivity index (χ2n) is 8.40. The number of ether oxygens (including phenoxy) is 1. The molecule has 6 nitrogen and oxygen atoms in total. The topological polar surface area (TPSA) is 85.7 Å². The number of allylic oxidation sites excluding steroid dienone is 4. The van der Waals surface area contributed by atoms with Crippen molar-refractivity contribution in [1.82, 2.24) is 0 Å². The van der Waals surface area contributed by atoms with Crippen LogP contribution in [0.3, 0.4) is 0 Å². The van der Waals surface area contributed by atoms with E-state index in [2.05, 4.69) is 16.3 Å². The number of rotatable bonds is 5. The molecule has 1 atom stereocenters. The number of nitrogens with one attached hydrogen (secondary N) is 2. The van der Waals surface area contributed by atoms with Crippen LogP contribution >= 0.6 is 0 Å². The minimum absolute atomic E-state index is 0.0718. The van der Waals surface area contributed by atoms with E-state index in [1.54, 1.807) is 19.1 Å². The van der Waals surface area contributed by atoms with E-state index in [0.29, 0.717) is 30.1 Å². The Morgan fingerprint density at radius 2 is 1.91 bits per heavy atom. The number of morpholine rings is 1. The summed E-state index contributed by atoms with van der Waals surface area (Å²) in [5, 5.41) is 21.1. The van der Waals surface area contributed by atoms with E-state index in [1.165, 1.54) is 0 Å². The van der Waals surface area contributed by atoms with Crippen LogP contribution in [-0.4, -0.2) is 43.0 Å². The smallest absolute Gasteiger partial charge is 0.255 e. The van der Waals surface area contributed by atoms with Crippen LogP contribution in [0, 0.1) is 5.41 Å². The lowest BCUT2D eigenvalue weighted by molar-refractivity contribution is -0.112. The maximum absolute atomic E-state index is 13.1. The van der Waals surface area contributed by atoms with Gasteiger partial charge in [-0.2, -0.15) is 0 Å². The van der Waals surface area contributed by atoms with E-state index >= 15 is 0 Å². The Balaban J connectivity index is 1.56. The maximum atomic E-state index is 13.1. The number of carbonyl (C=O) groups is 1. The fourth-order valence-corrected chi connectivity index (χ4v) is 4.08. The first-order chi connectivity index (χ1) is 15.9. The lowest BCUT2D eigenvalue weighted by Crippen LogP contribution is -2.36. The van der Waals surface area contributed by atoms with Crippen molar-refractivity contribution in [1.29, 1.82) is 5.41 Å². The van der Waals surface area contributed by atoms with Gasteiger partial charge >= 0.3 is 0 Å². The number of phenolic OH excluding ortho intramolecular Hbond substituents is 1. The third kappa shape index (κ3) is 5.41. The van der Waals surface area contributed by atoms with Crippen LogP contribution in [0.5, 0.6) is 5.75 Å². The molecule has 1 heterocycles. The fourth-order valence-electron chi connectivity index (χ4n) is 4.08. The zero-order valence-electron chi connectivity index (χ0n) is 19.0. The number of hydrogen-bond acceptors (Lipinski definition) is 5. The molecule has 0 aromatic heterocycles. The quantitative estimate of drug-likeness (QED) is 0.581. The molecule has 1 saturated heterocycles. The molecule has 1 unspecified atom stereocenters. The van der Waals surface area contributed by atoms with Crippen LogP contribution in [0.2, 0.25) is 0 Å². The molecule has 3 N–H and O–H groups in total. The highest BCUT2D eigenvalue weighted by Crippen LogP contribution is 2.30. The van der Waals surface area contributed by atoms with Crippen LogP contribution in [-0.2, 0) is 9.53 Å². The van der Waals surface area contributed by atoms with Crippen LogP contribution in [0.25, 0.3) is 0 Å². The number of nitrogens with zero attached hydrogens (tertiary/aromatic N) is 1. The SMILES string of the molecule is CC(=N)c1ccc(C2C=C(C)C=CC(C(=O)Nc3cccc(N4CCOCC4)c3)=C2)cc1O. The average Bonchev–Trinajstić information content (AvgIpc) is 3.01. The standard InChI is InChI=1S/C27H29N3O3/c1-18-6-7-21(15-22(14-18)20-8-9-25(19(2)28)26(31)16-20)27(32)29-23-4-3-5-24(17-23)30-10-12-33-13-11-30/h3-9,14-17,22,28,31H,10-13H2,1-2H3,(H,29,32). The minimum atomic E-state index is -0.186. The molecule has 0 saturated carbocycles. The summed E-state index contributed by atoms with van der Waals surface area (Å²) in [5.74, 6) is -0.288. The summed E-state index contributed by atoms with van der Waals surface area (Å²) in [6.07, 6.45) is 7.70. The van der Waals surface area contributed by atoms with Crippen LogP contribution < -0.4 is 10.2 Å². The van der Waals surface area contributed by atoms with Gasteiger partial charge in [-0.05, 0) is 55.8 Å². The van der Waals surface area contributed by atoms with Crippen LogP contribution in [0.4, 0.5) is 11.4 Å². The van der Waals surface area contributed by atoms with Gasteiger partial charge in [0.2, 0.25) is 0 Å². The Kier molecular flexibility index (Phi) is 6.75. The van der Waals surface area contributed by atoms with Gasteiger partial charge in [0.05, 0.1) is 13.2 Å². The Morgan fingerprint density at radius 3 is 2.64 bits per heavy atom. The van der Waals surface area contributed by atoms with Crippen molar-refractivity contribution >= 4 is 23.0 Å². The first-order valence-corrected chi connectivity index (χ1v) is 11.1. The second-order valence-corrected chi connectivity index (χ2v) is 8.40. The molecule has 6 heteroatoms. The lowest BCUT2D eigenvalue weighted by Gasteiger charge is -2.29.